The van der Waals surface area contributed by atoms with Gasteiger partial charge in [0.15, 0.2) is 9.84 Å². The number of hydrogen-bond donors (Lipinski definition) is 1. The second-order valence-corrected chi connectivity index (χ2v) is 5.70. The molecule has 1 rings (SSSR count). The maximum atomic E-state index is 11.2. The lowest BCUT2D eigenvalue weighted by atomic mass is 10.2. The van der Waals surface area contributed by atoms with Gasteiger partial charge in [0, 0.05) is 19.1 Å². The molecule has 5 heteroatoms. The molecular formula is C8H18N2O2S. The number of nitrogens with two attached hydrogens (primary N) is 1. The third-order valence-corrected chi connectivity index (χ3v) is 4.30. The molecule has 1 aliphatic rings. The molecule has 1 saturated heterocycles. The van der Waals surface area contributed by atoms with Crippen molar-refractivity contribution < 1.29 is 8.42 Å². The van der Waals surface area contributed by atoms with Crippen molar-refractivity contribution in [1.82, 2.24) is 4.90 Å². The minimum atomic E-state index is -2.75. The third kappa shape index (κ3) is 2.93. The predicted octanol–water partition coefficient (Wildman–Crippen LogP) is -0.546. The van der Waals surface area contributed by atoms with Gasteiger partial charge in [-0.3, -0.25) is 4.90 Å². The van der Waals surface area contributed by atoms with Crippen LogP contribution in [0.5, 0.6) is 0 Å². The van der Waals surface area contributed by atoms with Crippen LogP contribution in [0.15, 0.2) is 0 Å². The maximum absolute atomic E-state index is 11.2. The van der Waals surface area contributed by atoms with Crippen LogP contribution in [0.4, 0.5) is 0 Å². The zero-order valence-electron chi connectivity index (χ0n) is 8.07. The van der Waals surface area contributed by atoms with Crippen molar-refractivity contribution in [3.05, 3.63) is 0 Å². The van der Waals surface area contributed by atoms with Crippen molar-refractivity contribution in [1.29, 1.82) is 0 Å². The summed E-state index contributed by atoms with van der Waals surface area (Å²) in [7, 11) is -2.75. The Morgan fingerprint density at radius 2 is 2.23 bits per heavy atom. The van der Waals surface area contributed by atoms with Gasteiger partial charge in [-0.05, 0) is 13.0 Å². The van der Waals surface area contributed by atoms with Gasteiger partial charge in [0.1, 0.15) is 0 Å². The summed E-state index contributed by atoms with van der Waals surface area (Å²) in [5, 5.41) is 0. The highest BCUT2D eigenvalue weighted by molar-refractivity contribution is 7.91. The van der Waals surface area contributed by atoms with E-state index in [0.29, 0.717) is 18.1 Å². The third-order valence-electron chi connectivity index (χ3n) is 2.55. The number of likely N-dealkylation sites (N-methyl/N-ethyl adjacent to an activating group) is 1. The highest BCUT2D eigenvalue weighted by Crippen LogP contribution is 2.16. The lowest BCUT2D eigenvalue weighted by molar-refractivity contribution is 0.230. The van der Waals surface area contributed by atoms with E-state index in [0.717, 1.165) is 19.5 Å². The van der Waals surface area contributed by atoms with Gasteiger partial charge in [0.25, 0.3) is 0 Å². The molecule has 0 spiro atoms. The van der Waals surface area contributed by atoms with E-state index in [2.05, 4.69) is 4.90 Å². The zero-order valence-corrected chi connectivity index (χ0v) is 8.89. The average molecular weight is 206 g/mol. The van der Waals surface area contributed by atoms with Crippen molar-refractivity contribution in [2.24, 2.45) is 5.73 Å². The van der Waals surface area contributed by atoms with Gasteiger partial charge in [-0.25, -0.2) is 8.42 Å². The number of sulfone groups is 1. The van der Waals surface area contributed by atoms with Crippen LogP contribution in [0, 0.1) is 0 Å². The van der Waals surface area contributed by atoms with Gasteiger partial charge in [0.2, 0.25) is 0 Å². The summed E-state index contributed by atoms with van der Waals surface area (Å²) in [5.74, 6) is 0.666. The first-order chi connectivity index (χ1) is 6.09. The molecule has 1 heterocycles. The maximum Gasteiger partial charge on any atom is 0.151 e. The summed E-state index contributed by atoms with van der Waals surface area (Å²) in [6.07, 6.45) is 0.774. The molecule has 0 amide bonds. The van der Waals surface area contributed by atoms with Crippen LogP contribution < -0.4 is 5.73 Å². The highest BCUT2D eigenvalue weighted by atomic mass is 32.2. The average Bonchev–Trinajstić information content (AvgIpc) is 2.42. The standard InChI is InChI=1S/C8H18N2O2S/c1-2-10(5-4-9)8-3-6-13(11,12)7-8/h8H,2-7,9H2,1H3. The van der Waals surface area contributed by atoms with E-state index in [9.17, 15) is 8.42 Å². The molecule has 1 aliphatic heterocycles. The molecule has 1 unspecified atom stereocenters. The van der Waals surface area contributed by atoms with E-state index in [1.54, 1.807) is 0 Å². The quantitative estimate of drug-likeness (QED) is 0.670. The van der Waals surface area contributed by atoms with Crippen LogP contribution in [0.1, 0.15) is 13.3 Å². The molecule has 0 radical (unpaired) electrons. The van der Waals surface area contributed by atoms with Crippen molar-refractivity contribution in [3.63, 3.8) is 0 Å². The molecule has 0 aromatic carbocycles. The van der Waals surface area contributed by atoms with Gasteiger partial charge in [-0.1, -0.05) is 6.92 Å². The second kappa shape index (κ2) is 4.39. The van der Waals surface area contributed by atoms with E-state index >= 15 is 0 Å². The zero-order chi connectivity index (χ0) is 9.90. The molecule has 13 heavy (non-hydrogen) atoms. The van der Waals surface area contributed by atoms with Crippen molar-refractivity contribution in [2.75, 3.05) is 31.1 Å². The molecule has 4 nitrogen and oxygen atoms in total. The Morgan fingerprint density at radius 3 is 2.62 bits per heavy atom. The topological polar surface area (TPSA) is 63.4 Å². The SMILES string of the molecule is CCN(CCN)C1CCS(=O)(=O)C1. The summed E-state index contributed by atoms with van der Waals surface area (Å²) < 4.78 is 22.4. The van der Waals surface area contributed by atoms with Gasteiger partial charge in [0.05, 0.1) is 11.5 Å². The fraction of sp³-hybridized carbons (Fsp3) is 1.00. The number of rotatable bonds is 4. The van der Waals surface area contributed by atoms with Gasteiger partial charge < -0.3 is 5.73 Å². The van der Waals surface area contributed by atoms with Crippen LogP contribution in [-0.2, 0) is 9.84 Å². The molecule has 0 aromatic heterocycles. The second-order valence-electron chi connectivity index (χ2n) is 3.47. The predicted molar refractivity (Wildman–Crippen MR) is 53.4 cm³/mol. The van der Waals surface area contributed by atoms with Gasteiger partial charge >= 0.3 is 0 Å². The van der Waals surface area contributed by atoms with Crippen molar-refractivity contribution >= 4 is 9.84 Å². The van der Waals surface area contributed by atoms with E-state index in [1.807, 2.05) is 6.92 Å². The van der Waals surface area contributed by atoms with Crippen molar-refractivity contribution in [3.8, 4) is 0 Å². The molecule has 0 saturated carbocycles. The van der Waals surface area contributed by atoms with E-state index < -0.39 is 9.84 Å². The summed E-state index contributed by atoms with van der Waals surface area (Å²) in [4.78, 5) is 2.16. The van der Waals surface area contributed by atoms with Crippen LogP contribution >= 0.6 is 0 Å². The fourth-order valence-electron chi connectivity index (χ4n) is 1.83. The Hall–Kier alpha value is -0.130. The first kappa shape index (κ1) is 10.9. The van der Waals surface area contributed by atoms with Crippen LogP contribution in [0.2, 0.25) is 0 Å². The molecular weight excluding hydrogens is 188 g/mol. The van der Waals surface area contributed by atoms with E-state index in [4.69, 9.17) is 5.73 Å². The van der Waals surface area contributed by atoms with Crippen LogP contribution in [0.3, 0.4) is 0 Å². The van der Waals surface area contributed by atoms with Crippen LogP contribution in [0.25, 0.3) is 0 Å². The molecule has 0 aromatic rings. The molecule has 1 atom stereocenters. The lowest BCUT2D eigenvalue weighted by Crippen LogP contribution is -2.39. The van der Waals surface area contributed by atoms with Crippen molar-refractivity contribution in [2.45, 2.75) is 19.4 Å². The van der Waals surface area contributed by atoms with Gasteiger partial charge in [-0.2, -0.15) is 0 Å². The summed E-state index contributed by atoms with van der Waals surface area (Å²) in [5.41, 5.74) is 5.45. The number of nitrogens with zero attached hydrogens (tertiary/aromatic N) is 1. The molecule has 78 valence electrons. The minimum absolute atomic E-state index is 0.207. The smallest absolute Gasteiger partial charge is 0.151 e. The van der Waals surface area contributed by atoms with Gasteiger partial charge in [-0.15, -0.1) is 0 Å². The van der Waals surface area contributed by atoms with Crippen LogP contribution in [-0.4, -0.2) is 50.5 Å². The Bertz CT molecular complexity index is 251. The normalized spacial score (nSPS) is 26.8. The van der Waals surface area contributed by atoms with E-state index in [1.165, 1.54) is 0 Å². The largest absolute Gasteiger partial charge is 0.329 e. The Morgan fingerprint density at radius 1 is 1.54 bits per heavy atom. The Labute approximate surface area is 80.0 Å². The molecule has 2 N–H and O–H groups in total. The summed E-state index contributed by atoms with van der Waals surface area (Å²) in [6.45, 7) is 4.33. The summed E-state index contributed by atoms with van der Waals surface area (Å²) in [6, 6.07) is 0.207. The molecule has 1 fully saturated rings. The molecule has 0 aliphatic carbocycles. The minimum Gasteiger partial charge on any atom is -0.329 e. The first-order valence-corrected chi connectivity index (χ1v) is 6.55. The Kier molecular flexibility index (Phi) is 3.70. The fourth-order valence-corrected chi connectivity index (χ4v) is 3.59. The summed E-state index contributed by atoms with van der Waals surface area (Å²) >= 11 is 0. The Balaban J connectivity index is 2.52. The van der Waals surface area contributed by atoms with E-state index in [-0.39, 0.29) is 6.04 Å². The lowest BCUT2D eigenvalue weighted by Gasteiger charge is -2.25. The molecule has 0 bridgehead atoms. The monoisotopic (exact) mass is 206 g/mol. The number of hydrogen-bond acceptors (Lipinski definition) is 4. The first-order valence-electron chi connectivity index (χ1n) is 4.73. The highest BCUT2D eigenvalue weighted by Gasteiger charge is 2.30.